The lowest BCUT2D eigenvalue weighted by Gasteiger charge is -2.44. The molecule has 0 radical (unpaired) electrons. The minimum Gasteiger partial charge on any atom is -0.356 e. The van der Waals surface area contributed by atoms with Gasteiger partial charge in [-0.3, -0.25) is 4.79 Å². The smallest absolute Gasteiger partial charge is 0.232 e. The molecule has 2 aliphatic rings. The Morgan fingerprint density at radius 2 is 1.33 bits per heavy atom. The fraction of sp³-hybridized carbons (Fsp3) is 0.296. The SMILES string of the molecule is O=C1N2[C@H](CCC1(Cc1ccccc1)Cc1ccccc1)OC[C@H]2c1ccccc1. The second-order valence-electron chi connectivity index (χ2n) is 8.57. The summed E-state index contributed by atoms with van der Waals surface area (Å²) < 4.78 is 6.09. The molecule has 2 atom stereocenters. The highest BCUT2D eigenvalue weighted by atomic mass is 16.5. The van der Waals surface area contributed by atoms with Gasteiger partial charge in [0.1, 0.15) is 6.23 Å². The molecule has 0 saturated carbocycles. The van der Waals surface area contributed by atoms with Crippen molar-refractivity contribution in [3.05, 3.63) is 108 Å². The van der Waals surface area contributed by atoms with Crippen molar-refractivity contribution in [2.75, 3.05) is 6.61 Å². The summed E-state index contributed by atoms with van der Waals surface area (Å²) in [5, 5.41) is 0. The quantitative estimate of drug-likeness (QED) is 0.594. The number of hydrogen-bond donors (Lipinski definition) is 0. The van der Waals surface area contributed by atoms with Gasteiger partial charge in [0, 0.05) is 0 Å². The molecule has 5 rings (SSSR count). The number of hydrogen-bond acceptors (Lipinski definition) is 2. The van der Waals surface area contributed by atoms with Crippen LogP contribution in [-0.2, 0) is 22.4 Å². The average molecular weight is 398 g/mol. The van der Waals surface area contributed by atoms with Crippen LogP contribution < -0.4 is 0 Å². The van der Waals surface area contributed by atoms with Gasteiger partial charge < -0.3 is 9.64 Å². The third-order valence-electron chi connectivity index (χ3n) is 6.61. The van der Waals surface area contributed by atoms with Crippen LogP contribution in [0.25, 0.3) is 0 Å². The van der Waals surface area contributed by atoms with E-state index in [1.54, 1.807) is 0 Å². The van der Waals surface area contributed by atoms with Crippen LogP contribution in [0, 0.1) is 5.41 Å². The van der Waals surface area contributed by atoms with Crippen LogP contribution in [0.1, 0.15) is 35.6 Å². The molecule has 3 heteroatoms. The molecule has 3 nitrogen and oxygen atoms in total. The molecule has 2 aliphatic heterocycles. The van der Waals surface area contributed by atoms with Gasteiger partial charge in [0.15, 0.2) is 0 Å². The zero-order valence-corrected chi connectivity index (χ0v) is 17.1. The molecule has 0 aliphatic carbocycles. The number of rotatable bonds is 5. The van der Waals surface area contributed by atoms with Crippen LogP contribution in [0.4, 0.5) is 0 Å². The summed E-state index contributed by atoms with van der Waals surface area (Å²) in [6.45, 7) is 0.577. The fourth-order valence-electron chi connectivity index (χ4n) is 5.13. The van der Waals surface area contributed by atoms with Crippen molar-refractivity contribution in [2.24, 2.45) is 5.41 Å². The summed E-state index contributed by atoms with van der Waals surface area (Å²) in [5.41, 5.74) is 3.15. The number of nitrogens with zero attached hydrogens (tertiary/aromatic N) is 1. The normalized spacial score (nSPS) is 22.7. The van der Waals surface area contributed by atoms with Crippen molar-refractivity contribution < 1.29 is 9.53 Å². The Balaban J connectivity index is 1.52. The van der Waals surface area contributed by atoms with Crippen LogP contribution in [0.2, 0.25) is 0 Å². The van der Waals surface area contributed by atoms with Crippen molar-refractivity contribution in [1.82, 2.24) is 4.90 Å². The molecule has 3 aromatic carbocycles. The molecule has 3 aromatic rings. The van der Waals surface area contributed by atoms with Crippen molar-refractivity contribution in [3.8, 4) is 0 Å². The van der Waals surface area contributed by atoms with Gasteiger partial charge in [-0.2, -0.15) is 0 Å². The first-order valence-electron chi connectivity index (χ1n) is 10.8. The summed E-state index contributed by atoms with van der Waals surface area (Å²) in [6.07, 6.45) is 3.13. The lowest BCUT2D eigenvalue weighted by molar-refractivity contribution is -0.157. The molecule has 1 amide bonds. The molecular formula is C27H27NO2. The highest BCUT2D eigenvalue weighted by molar-refractivity contribution is 5.85. The van der Waals surface area contributed by atoms with Crippen molar-refractivity contribution in [1.29, 1.82) is 0 Å². The van der Waals surface area contributed by atoms with E-state index in [9.17, 15) is 4.79 Å². The largest absolute Gasteiger partial charge is 0.356 e. The van der Waals surface area contributed by atoms with E-state index in [0.717, 1.165) is 31.2 Å². The van der Waals surface area contributed by atoms with E-state index < -0.39 is 5.41 Å². The summed E-state index contributed by atoms with van der Waals surface area (Å²) >= 11 is 0. The van der Waals surface area contributed by atoms with Crippen LogP contribution >= 0.6 is 0 Å². The monoisotopic (exact) mass is 397 g/mol. The number of carbonyl (C=O) groups excluding carboxylic acids is 1. The second kappa shape index (κ2) is 8.08. The van der Waals surface area contributed by atoms with Gasteiger partial charge in [0.05, 0.1) is 18.1 Å². The lowest BCUT2D eigenvalue weighted by Crippen LogP contribution is -2.54. The molecule has 0 N–H and O–H groups in total. The topological polar surface area (TPSA) is 29.5 Å². The molecule has 2 heterocycles. The maximum atomic E-state index is 14.2. The zero-order valence-electron chi connectivity index (χ0n) is 17.1. The van der Waals surface area contributed by atoms with Crippen molar-refractivity contribution in [2.45, 2.75) is 38.0 Å². The molecule has 0 bridgehead atoms. The van der Waals surface area contributed by atoms with Gasteiger partial charge in [0.25, 0.3) is 0 Å². The Morgan fingerprint density at radius 3 is 1.90 bits per heavy atom. The number of ether oxygens (including phenoxy) is 1. The summed E-state index contributed by atoms with van der Waals surface area (Å²) in [7, 11) is 0. The Labute approximate surface area is 178 Å². The summed E-state index contributed by atoms with van der Waals surface area (Å²) in [5.74, 6) is 0.234. The maximum absolute atomic E-state index is 14.2. The van der Waals surface area contributed by atoms with E-state index in [4.69, 9.17) is 4.74 Å². The Hall–Kier alpha value is -2.91. The maximum Gasteiger partial charge on any atom is 0.232 e. The van der Waals surface area contributed by atoms with Gasteiger partial charge in [-0.25, -0.2) is 0 Å². The minimum atomic E-state index is -0.445. The first kappa shape index (κ1) is 19.1. The standard InChI is InChI=1S/C27H27NO2/c29-26-27(18-21-10-4-1-5-11-21,19-22-12-6-2-7-13-22)17-16-25-28(26)24(20-30-25)23-14-8-3-9-15-23/h1-15,24-25H,16-20H2/t24-,25-/m0/s1. The van der Waals surface area contributed by atoms with Crippen molar-refractivity contribution in [3.63, 3.8) is 0 Å². The third-order valence-corrected chi connectivity index (χ3v) is 6.61. The van der Waals surface area contributed by atoms with Gasteiger partial charge in [-0.1, -0.05) is 91.0 Å². The molecule has 30 heavy (non-hydrogen) atoms. The van der Waals surface area contributed by atoms with E-state index in [-0.39, 0.29) is 18.2 Å². The Kier molecular flexibility index (Phi) is 5.14. The first-order valence-corrected chi connectivity index (χ1v) is 10.8. The number of amides is 1. The van der Waals surface area contributed by atoms with Crippen LogP contribution in [-0.4, -0.2) is 23.6 Å². The van der Waals surface area contributed by atoms with E-state index in [1.807, 2.05) is 35.2 Å². The summed E-state index contributed by atoms with van der Waals surface area (Å²) in [6, 6.07) is 31.2. The third kappa shape index (κ3) is 3.54. The zero-order chi connectivity index (χ0) is 20.4. The van der Waals surface area contributed by atoms with Gasteiger partial charge >= 0.3 is 0 Å². The van der Waals surface area contributed by atoms with Crippen LogP contribution in [0.5, 0.6) is 0 Å². The van der Waals surface area contributed by atoms with Crippen LogP contribution in [0.3, 0.4) is 0 Å². The van der Waals surface area contributed by atoms with E-state index >= 15 is 0 Å². The van der Waals surface area contributed by atoms with Crippen molar-refractivity contribution >= 4 is 5.91 Å². The molecule has 2 saturated heterocycles. The highest BCUT2D eigenvalue weighted by Crippen LogP contribution is 2.46. The van der Waals surface area contributed by atoms with E-state index in [0.29, 0.717) is 6.61 Å². The highest BCUT2D eigenvalue weighted by Gasteiger charge is 2.52. The lowest BCUT2D eigenvalue weighted by atomic mass is 9.69. The second-order valence-corrected chi connectivity index (χ2v) is 8.57. The molecular weight excluding hydrogens is 370 g/mol. The van der Waals surface area contributed by atoms with E-state index in [2.05, 4.69) is 60.7 Å². The van der Waals surface area contributed by atoms with E-state index in [1.165, 1.54) is 11.1 Å². The molecule has 0 aromatic heterocycles. The van der Waals surface area contributed by atoms with Gasteiger partial charge in [-0.05, 0) is 42.4 Å². The molecule has 152 valence electrons. The number of benzene rings is 3. The Morgan fingerprint density at radius 1 is 0.800 bits per heavy atom. The van der Waals surface area contributed by atoms with Crippen LogP contribution in [0.15, 0.2) is 91.0 Å². The number of carbonyl (C=O) groups is 1. The minimum absolute atomic E-state index is 0.00470. The molecule has 0 unspecified atom stereocenters. The van der Waals surface area contributed by atoms with Gasteiger partial charge in [-0.15, -0.1) is 0 Å². The number of fused-ring (bicyclic) bond motifs is 1. The fourth-order valence-corrected chi connectivity index (χ4v) is 5.13. The number of piperidine rings is 1. The molecule has 0 spiro atoms. The predicted octanol–water partition coefficient (Wildman–Crippen LogP) is 5.18. The van der Waals surface area contributed by atoms with Gasteiger partial charge in [0.2, 0.25) is 5.91 Å². The molecule has 2 fully saturated rings. The Bertz CT molecular complexity index is 946. The summed E-state index contributed by atoms with van der Waals surface area (Å²) in [4.78, 5) is 16.2. The predicted molar refractivity (Wildman–Crippen MR) is 118 cm³/mol. The first-order chi connectivity index (χ1) is 14.8. The average Bonchev–Trinajstić information content (AvgIpc) is 3.23.